The Kier molecular flexibility index (Phi) is 7.87. The summed E-state index contributed by atoms with van der Waals surface area (Å²) in [5.74, 6) is -0.603. The molecular weight excluding hydrogens is 540 g/mol. The van der Waals surface area contributed by atoms with Gasteiger partial charge in [0.2, 0.25) is 0 Å². The summed E-state index contributed by atoms with van der Waals surface area (Å²) in [7, 11) is 0. The van der Waals surface area contributed by atoms with Gasteiger partial charge >= 0.3 is 0 Å². The lowest BCUT2D eigenvalue weighted by Gasteiger charge is -2.16. The zero-order valence-electron chi connectivity index (χ0n) is 22.5. The van der Waals surface area contributed by atoms with Crippen LogP contribution in [-0.4, -0.2) is 23.3 Å². The maximum atomic E-state index is 13.8. The normalized spacial score (nSPS) is 11.0. The molecule has 2 aromatic heterocycles. The molecule has 0 unspecified atom stereocenters. The number of fused-ring (bicyclic) bond motifs is 1. The van der Waals surface area contributed by atoms with Gasteiger partial charge in [-0.25, -0.2) is 4.98 Å². The van der Waals surface area contributed by atoms with Crippen molar-refractivity contribution in [2.45, 2.75) is 27.2 Å². The van der Waals surface area contributed by atoms with Crippen LogP contribution < -0.4 is 16.4 Å². The third-order valence-electron chi connectivity index (χ3n) is 6.81. The molecule has 202 valence electrons. The van der Waals surface area contributed by atoms with Gasteiger partial charge in [0.05, 0.1) is 16.9 Å². The second kappa shape index (κ2) is 11.5. The molecule has 0 saturated heterocycles. The zero-order valence-corrected chi connectivity index (χ0v) is 24.0. The molecule has 0 aliphatic rings. The summed E-state index contributed by atoms with van der Waals surface area (Å²) in [6, 6.07) is 23.1. The number of carbonyl (C=O) groups is 2. The van der Waals surface area contributed by atoms with Gasteiger partial charge in [0.25, 0.3) is 11.8 Å². The summed E-state index contributed by atoms with van der Waals surface area (Å²) >= 11 is 7.88. The van der Waals surface area contributed by atoms with E-state index in [1.54, 1.807) is 13.0 Å². The fourth-order valence-corrected chi connectivity index (χ4v) is 6.13. The van der Waals surface area contributed by atoms with Crippen LogP contribution in [0.1, 0.15) is 42.4 Å². The zero-order chi connectivity index (χ0) is 28.4. The Labute approximate surface area is 242 Å². The van der Waals surface area contributed by atoms with E-state index in [-0.39, 0.29) is 17.5 Å². The van der Waals surface area contributed by atoms with Gasteiger partial charge in [0.15, 0.2) is 0 Å². The molecule has 0 saturated carbocycles. The SMILES string of the molecule is Cc1ccc(NC(=O)c2c(C)nc3sc(C(=O)NCCc4ccccc4)c(N)c3c2-c2ccccc2Cl)c(C)c1. The molecule has 0 aliphatic heterocycles. The van der Waals surface area contributed by atoms with Crippen molar-refractivity contribution in [3.63, 3.8) is 0 Å². The summed E-state index contributed by atoms with van der Waals surface area (Å²) in [5.41, 5.74) is 12.9. The Morgan fingerprint density at radius 1 is 0.950 bits per heavy atom. The number of nitrogen functional groups attached to an aromatic ring is 1. The fourth-order valence-electron chi connectivity index (χ4n) is 4.83. The number of pyridine rings is 1. The topological polar surface area (TPSA) is 97.1 Å². The fraction of sp³-hybridized carbons (Fsp3) is 0.156. The van der Waals surface area contributed by atoms with Crippen LogP contribution in [0.2, 0.25) is 5.02 Å². The molecular formula is C32H29ClN4O2S. The van der Waals surface area contributed by atoms with E-state index in [2.05, 4.69) is 10.6 Å². The summed E-state index contributed by atoms with van der Waals surface area (Å²) in [6.07, 6.45) is 0.697. The molecule has 4 N–H and O–H groups in total. The number of aryl methyl sites for hydroxylation is 3. The Morgan fingerprint density at radius 2 is 1.68 bits per heavy atom. The maximum absolute atomic E-state index is 13.8. The average molecular weight is 569 g/mol. The average Bonchev–Trinajstić information content (AvgIpc) is 3.26. The van der Waals surface area contributed by atoms with Gasteiger partial charge in [-0.2, -0.15) is 0 Å². The number of benzene rings is 3. The molecule has 2 amide bonds. The van der Waals surface area contributed by atoms with Crippen molar-refractivity contribution in [2.24, 2.45) is 0 Å². The molecule has 5 aromatic rings. The summed E-state index contributed by atoms with van der Waals surface area (Å²) < 4.78 is 0. The molecule has 0 radical (unpaired) electrons. The Morgan fingerprint density at radius 3 is 2.40 bits per heavy atom. The minimum atomic E-state index is -0.326. The number of halogens is 1. The first-order chi connectivity index (χ1) is 19.2. The molecule has 8 heteroatoms. The summed E-state index contributed by atoms with van der Waals surface area (Å²) in [6.45, 7) is 6.20. The van der Waals surface area contributed by atoms with E-state index < -0.39 is 0 Å². The summed E-state index contributed by atoms with van der Waals surface area (Å²) in [5, 5.41) is 7.03. The van der Waals surface area contributed by atoms with E-state index in [0.29, 0.717) is 61.2 Å². The minimum Gasteiger partial charge on any atom is -0.397 e. The number of hydrogen-bond donors (Lipinski definition) is 3. The molecule has 0 fully saturated rings. The van der Waals surface area contributed by atoms with E-state index in [1.807, 2.05) is 80.6 Å². The lowest BCUT2D eigenvalue weighted by Crippen LogP contribution is -2.25. The third-order valence-corrected chi connectivity index (χ3v) is 8.23. The highest BCUT2D eigenvalue weighted by molar-refractivity contribution is 7.21. The van der Waals surface area contributed by atoms with Crippen LogP contribution in [0.4, 0.5) is 11.4 Å². The van der Waals surface area contributed by atoms with Gasteiger partial charge in [-0.3, -0.25) is 9.59 Å². The third kappa shape index (κ3) is 5.43. The standard InChI is InChI=1S/C32H29ClN4O2S/c1-18-13-14-24(19(2)17-18)37-30(38)25-20(3)36-32-27(26(25)22-11-7-8-12-23(22)33)28(34)29(40-32)31(39)35-16-15-21-9-5-4-6-10-21/h4-14,17H,15-16,34H2,1-3H3,(H,35,39)(H,37,38). The number of hydrogen-bond acceptors (Lipinski definition) is 5. The lowest BCUT2D eigenvalue weighted by molar-refractivity contribution is 0.0958. The number of amides is 2. The van der Waals surface area contributed by atoms with Gasteiger partial charge < -0.3 is 16.4 Å². The van der Waals surface area contributed by atoms with Crippen molar-refractivity contribution in [3.8, 4) is 11.1 Å². The second-order valence-corrected chi connectivity index (χ2v) is 11.1. The van der Waals surface area contributed by atoms with Crippen molar-refractivity contribution in [2.75, 3.05) is 17.6 Å². The molecule has 3 aromatic carbocycles. The van der Waals surface area contributed by atoms with E-state index in [1.165, 1.54) is 11.3 Å². The van der Waals surface area contributed by atoms with Crippen LogP contribution in [0.15, 0.2) is 72.8 Å². The van der Waals surface area contributed by atoms with Crippen molar-refractivity contribution < 1.29 is 9.59 Å². The van der Waals surface area contributed by atoms with Crippen molar-refractivity contribution in [1.29, 1.82) is 0 Å². The van der Waals surface area contributed by atoms with E-state index in [0.717, 1.165) is 16.7 Å². The molecule has 40 heavy (non-hydrogen) atoms. The monoisotopic (exact) mass is 568 g/mol. The van der Waals surface area contributed by atoms with Gasteiger partial charge in [-0.15, -0.1) is 11.3 Å². The molecule has 0 spiro atoms. The molecule has 0 aliphatic carbocycles. The van der Waals surface area contributed by atoms with Crippen molar-refractivity contribution >= 4 is 56.3 Å². The van der Waals surface area contributed by atoms with Crippen molar-refractivity contribution in [1.82, 2.24) is 10.3 Å². The maximum Gasteiger partial charge on any atom is 0.263 e. The van der Waals surface area contributed by atoms with E-state index in [9.17, 15) is 9.59 Å². The Bertz CT molecular complexity index is 1750. The number of nitrogens with two attached hydrogens (primary N) is 1. The van der Waals surface area contributed by atoms with E-state index >= 15 is 0 Å². The quantitative estimate of drug-likeness (QED) is 0.191. The predicted octanol–water partition coefficient (Wildman–Crippen LogP) is 7.35. The first kappa shape index (κ1) is 27.4. The van der Waals surface area contributed by atoms with Crippen LogP contribution in [0, 0.1) is 20.8 Å². The Hall–Kier alpha value is -4.20. The predicted molar refractivity (Wildman–Crippen MR) is 166 cm³/mol. The molecule has 0 bridgehead atoms. The molecule has 5 rings (SSSR count). The van der Waals surface area contributed by atoms with Gasteiger partial charge in [-0.05, 0) is 50.5 Å². The largest absolute Gasteiger partial charge is 0.397 e. The highest BCUT2D eigenvalue weighted by Crippen LogP contribution is 2.44. The van der Waals surface area contributed by atoms with Gasteiger partial charge in [0.1, 0.15) is 9.71 Å². The van der Waals surface area contributed by atoms with Crippen LogP contribution in [0.25, 0.3) is 21.3 Å². The Balaban J connectivity index is 1.59. The van der Waals surface area contributed by atoms with Gasteiger partial charge in [0, 0.05) is 33.8 Å². The van der Waals surface area contributed by atoms with Crippen LogP contribution >= 0.6 is 22.9 Å². The second-order valence-electron chi connectivity index (χ2n) is 9.72. The first-order valence-corrected chi connectivity index (χ1v) is 14.1. The highest BCUT2D eigenvalue weighted by atomic mass is 35.5. The minimum absolute atomic E-state index is 0.277. The van der Waals surface area contributed by atoms with Crippen LogP contribution in [-0.2, 0) is 6.42 Å². The number of aromatic nitrogens is 1. The number of nitrogens with one attached hydrogen (secondary N) is 2. The van der Waals surface area contributed by atoms with Crippen molar-refractivity contribution in [3.05, 3.63) is 111 Å². The number of rotatable bonds is 7. The molecule has 6 nitrogen and oxygen atoms in total. The lowest BCUT2D eigenvalue weighted by atomic mass is 9.94. The van der Waals surface area contributed by atoms with Crippen LogP contribution in [0.3, 0.4) is 0 Å². The number of nitrogens with zero attached hydrogens (tertiary/aromatic N) is 1. The first-order valence-electron chi connectivity index (χ1n) is 12.9. The number of carbonyl (C=O) groups excluding carboxylic acids is 2. The molecule has 2 heterocycles. The highest BCUT2D eigenvalue weighted by Gasteiger charge is 2.27. The van der Waals surface area contributed by atoms with Crippen LogP contribution in [0.5, 0.6) is 0 Å². The molecule has 0 atom stereocenters. The smallest absolute Gasteiger partial charge is 0.263 e. The number of anilines is 2. The number of thiophene rings is 1. The van der Waals surface area contributed by atoms with Gasteiger partial charge in [-0.1, -0.05) is 77.8 Å². The van der Waals surface area contributed by atoms with E-state index in [4.69, 9.17) is 22.3 Å². The summed E-state index contributed by atoms with van der Waals surface area (Å²) in [4.78, 5) is 32.7.